The normalized spacial score (nSPS) is 12.8. The van der Waals surface area contributed by atoms with Crippen molar-refractivity contribution >= 4 is 22.7 Å². The number of ether oxygens (including phenoxy) is 1. The maximum Gasteiger partial charge on any atom is 0.117 e. The summed E-state index contributed by atoms with van der Waals surface area (Å²) in [4.78, 5) is 0. The molecule has 0 bridgehead atoms. The van der Waals surface area contributed by atoms with Gasteiger partial charge in [-0.2, -0.15) is 22.7 Å². The zero-order chi connectivity index (χ0) is 13.9. The molecule has 0 aliphatic carbocycles. The van der Waals surface area contributed by atoms with Gasteiger partial charge in [0, 0.05) is 0 Å². The van der Waals surface area contributed by atoms with Crippen LogP contribution in [0.3, 0.4) is 0 Å². The van der Waals surface area contributed by atoms with Gasteiger partial charge in [0.05, 0.1) is 27.7 Å². The summed E-state index contributed by atoms with van der Waals surface area (Å²) in [6, 6.07) is 4.32. The summed E-state index contributed by atoms with van der Waals surface area (Å²) in [5.74, 6) is 0. The second kappa shape index (κ2) is 5.75. The molecule has 2 aromatic heterocycles. The van der Waals surface area contributed by atoms with Crippen LogP contribution in [-0.4, -0.2) is 38.8 Å². The van der Waals surface area contributed by atoms with E-state index in [0.717, 1.165) is 17.6 Å². The minimum absolute atomic E-state index is 0.324. The second-order valence-corrected chi connectivity index (χ2v) is 7.48. The molecule has 0 saturated heterocycles. The molecule has 104 valence electrons. The molecule has 0 radical (unpaired) electrons. The Labute approximate surface area is 123 Å². The summed E-state index contributed by atoms with van der Waals surface area (Å²) < 4.78 is 7.21. The standard InChI is InChI=1S/C15H22NOS2/c1-15(13-5-9-18-11-13,14-6-10-19-12-14)17-8-7-16(2,3)4/h5-6,9-12H,7-8H2,1-4H3/q+1. The maximum atomic E-state index is 6.29. The van der Waals surface area contributed by atoms with Crippen LogP contribution in [0.4, 0.5) is 0 Å². The molecule has 0 unspecified atom stereocenters. The highest BCUT2D eigenvalue weighted by atomic mass is 32.1. The smallest absolute Gasteiger partial charge is 0.117 e. The van der Waals surface area contributed by atoms with Gasteiger partial charge in [-0.15, -0.1) is 0 Å². The van der Waals surface area contributed by atoms with E-state index in [1.54, 1.807) is 22.7 Å². The Balaban J connectivity index is 2.17. The SMILES string of the molecule is CC(OCC[N+](C)(C)C)(c1ccsc1)c1ccsc1. The lowest BCUT2D eigenvalue weighted by Crippen LogP contribution is -2.39. The lowest BCUT2D eigenvalue weighted by atomic mass is 9.92. The van der Waals surface area contributed by atoms with Gasteiger partial charge in [0.25, 0.3) is 0 Å². The zero-order valence-electron chi connectivity index (χ0n) is 12.1. The van der Waals surface area contributed by atoms with E-state index >= 15 is 0 Å². The molecule has 2 aromatic rings. The first-order valence-corrected chi connectivity index (χ1v) is 8.30. The third-order valence-electron chi connectivity index (χ3n) is 3.30. The van der Waals surface area contributed by atoms with Gasteiger partial charge < -0.3 is 9.22 Å². The van der Waals surface area contributed by atoms with Crippen LogP contribution in [0.25, 0.3) is 0 Å². The van der Waals surface area contributed by atoms with Gasteiger partial charge >= 0.3 is 0 Å². The van der Waals surface area contributed by atoms with Crippen molar-refractivity contribution in [2.24, 2.45) is 0 Å². The van der Waals surface area contributed by atoms with Gasteiger partial charge in [-0.25, -0.2) is 0 Å². The number of hydrogen-bond acceptors (Lipinski definition) is 3. The van der Waals surface area contributed by atoms with Gasteiger partial charge in [0.2, 0.25) is 0 Å². The summed E-state index contributed by atoms with van der Waals surface area (Å²) in [6.07, 6.45) is 0. The van der Waals surface area contributed by atoms with Crippen molar-refractivity contribution in [3.63, 3.8) is 0 Å². The Bertz CT molecular complexity index is 448. The highest BCUT2D eigenvalue weighted by Gasteiger charge is 2.31. The average Bonchev–Trinajstić information content (AvgIpc) is 3.01. The molecule has 2 nitrogen and oxygen atoms in total. The first-order valence-electron chi connectivity index (χ1n) is 6.41. The molecule has 0 spiro atoms. The molecule has 2 rings (SSSR count). The topological polar surface area (TPSA) is 9.23 Å². The second-order valence-electron chi connectivity index (χ2n) is 5.92. The van der Waals surface area contributed by atoms with E-state index in [4.69, 9.17) is 4.74 Å². The van der Waals surface area contributed by atoms with Crippen LogP contribution in [0, 0.1) is 0 Å². The van der Waals surface area contributed by atoms with E-state index in [2.05, 4.69) is 61.7 Å². The molecule has 0 aromatic carbocycles. The molecule has 0 fully saturated rings. The minimum atomic E-state index is -0.324. The van der Waals surface area contributed by atoms with Crippen LogP contribution in [0.1, 0.15) is 18.1 Å². The number of quaternary nitrogens is 1. The molecular formula is C15H22NOS2+. The lowest BCUT2D eigenvalue weighted by molar-refractivity contribution is -0.871. The molecule has 4 heteroatoms. The van der Waals surface area contributed by atoms with Crippen molar-refractivity contribution in [1.29, 1.82) is 0 Å². The Hall–Kier alpha value is -0.680. The first kappa shape index (κ1) is 14.7. The van der Waals surface area contributed by atoms with Crippen LogP contribution < -0.4 is 0 Å². The minimum Gasteiger partial charge on any atom is -0.360 e. The van der Waals surface area contributed by atoms with Crippen molar-refractivity contribution in [2.75, 3.05) is 34.3 Å². The van der Waals surface area contributed by atoms with Crippen LogP contribution >= 0.6 is 22.7 Å². The fourth-order valence-corrected chi connectivity index (χ4v) is 3.44. The fraction of sp³-hybridized carbons (Fsp3) is 0.467. The van der Waals surface area contributed by atoms with Gasteiger partial charge in [-0.05, 0) is 51.7 Å². The Morgan fingerprint density at radius 3 is 1.95 bits per heavy atom. The summed E-state index contributed by atoms with van der Waals surface area (Å²) in [7, 11) is 6.57. The summed E-state index contributed by atoms with van der Waals surface area (Å²) in [5, 5.41) is 8.60. The molecule has 0 N–H and O–H groups in total. The maximum absolute atomic E-state index is 6.29. The van der Waals surface area contributed by atoms with E-state index in [1.165, 1.54) is 11.1 Å². The Morgan fingerprint density at radius 2 is 1.58 bits per heavy atom. The fourth-order valence-electron chi connectivity index (χ4n) is 1.93. The molecule has 0 atom stereocenters. The van der Waals surface area contributed by atoms with Crippen LogP contribution in [-0.2, 0) is 10.3 Å². The van der Waals surface area contributed by atoms with Crippen molar-refractivity contribution < 1.29 is 9.22 Å². The number of thiophene rings is 2. The van der Waals surface area contributed by atoms with E-state index in [9.17, 15) is 0 Å². The van der Waals surface area contributed by atoms with Gasteiger partial charge in [-0.3, -0.25) is 0 Å². The van der Waals surface area contributed by atoms with Gasteiger partial charge in [0.1, 0.15) is 12.1 Å². The van der Waals surface area contributed by atoms with E-state index in [0.29, 0.717) is 0 Å². The monoisotopic (exact) mass is 296 g/mol. The number of nitrogens with zero attached hydrogens (tertiary/aromatic N) is 1. The quantitative estimate of drug-likeness (QED) is 0.737. The van der Waals surface area contributed by atoms with E-state index < -0.39 is 0 Å². The molecule has 0 aliphatic rings. The number of hydrogen-bond donors (Lipinski definition) is 0. The molecule has 0 saturated carbocycles. The Kier molecular flexibility index (Phi) is 4.46. The van der Waals surface area contributed by atoms with Crippen molar-refractivity contribution in [2.45, 2.75) is 12.5 Å². The highest BCUT2D eigenvalue weighted by Crippen LogP contribution is 2.35. The predicted molar refractivity (Wildman–Crippen MR) is 83.9 cm³/mol. The van der Waals surface area contributed by atoms with Crippen LogP contribution in [0.5, 0.6) is 0 Å². The molecular weight excluding hydrogens is 274 g/mol. The largest absolute Gasteiger partial charge is 0.360 e. The Morgan fingerprint density at radius 1 is 1.05 bits per heavy atom. The first-order chi connectivity index (χ1) is 8.92. The highest BCUT2D eigenvalue weighted by molar-refractivity contribution is 7.08. The van der Waals surface area contributed by atoms with Gasteiger partial charge in [-0.1, -0.05) is 0 Å². The molecule has 0 amide bonds. The molecule has 2 heterocycles. The lowest BCUT2D eigenvalue weighted by Gasteiger charge is -2.31. The van der Waals surface area contributed by atoms with Crippen molar-refractivity contribution in [3.05, 3.63) is 44.8 Å². The van der Waals surface area contributed by atoms with Gasteiger partial charge in [0.15, 0.2) is 0 Å². The third kappa shape index (κ3) is 3.66. The van der Waals surface area contributed by atoms with Crippen LogP contribution in [0.2, 0.25) is 0 Å². The van der Waals surface area contributed by atoms with E-state index in [-0.39, 0.29) is 5.60 Å². The third-order valence-corrected chi connectivity index (χ3v) is 4.66. The van der Waals surface area contributed by atoms with Crippen LogP contribution in [0.15, 0.2) is 33.7 Å². The zero-order valence-corrected chi connectivity index (χ0v) is 13.7. The molecule has 0 aliphatic heterocycles. The summed E-state index contributed by atoms with van der Waals surface area (Å²) in [5.41, 5.74) is 2.17. The van der Waals surface area contributed by atoms with E-state index in [1.807, 2.05) is 0 Å². The number of rotatable bonds is 6. The van der Waals surface area contributed by atoms with Crippen molar-refractivity contribution in [3.8, 4) is 0 Å². The molecule has 19 heavy (non-hydrogen) atoms. The number of likely N-dealkylation sites (N-methyl/N-ethyl adjacent to an activating group) is 1. The summed E-state index contributed by atoms with van der Waals surface area (Å²) in [6.45, 7) is 3.93. The van der Waals surface area contributed by atoms with Crippen molar-refractivity contribution in [1.82, 2.24) is 0 Å². The average molecular weight is 296 g/mol. The predicted octanol–water partition coefficient (Wildman–Crippen LogP) is 3.80. The summed E-state index contributed by atoms with van der Waals surface area (Å²) >= 11 is 3.44.